The summed E-state index contributed by atoms with van der Waals surface area (Å²) in [7, 11) is -2.55. The van der Waals surface area contributed by atoms with Gasteiger partial charge in [-0.25, -0.2) is 19.7 Å². The van der Waals surface area contributed by atoms with Gasteiger partial charge in [0.25, 0.3) is 0 Å². The van der Waals surface area contributed by atoms with E-state index < -0.39 is 19.0 Å². The van der Waals surface area contributed by atoms with E-state index in [0.29, 0.717) is 11.4 Å². The lowest BCUT2D eigenvalue weighted by Gasteiger charge is -2.12. The first-order valence-electron chi connectivity index (χ1n) is 8.74. The number of nitrogens with zero attached hydrogens (tertiary/aromatic N) is 4. The van der Waals surface area contributed by atoms with Crippen molar-refractivity contribution in [2.45, 2.75) is 26.4 Å². The highest BCUT2D eigenvalue weighted by atomic mass is 35.5. The van der Waals surface area contributed by atoms with E-state index >= 15 is 0 Å². The minimum atomic E-state index is -2.55. The molecule has 0 amide bonds. The van der Waals surface area contributed by atoms with Gasteiger partial charge in [-0.05, 0) is 31.0 Å². The Bertz CT molecular complexity index is 812. The number of esters is 1. The summed E-state index contributed by atoms with van der Waals surface area (Å²) in [6, 6.07) is -0.685. The third-order valence-corrected chi connectivity index (χ3v) is 3.33. The maximum atomic E-state index is 12.2. The zero-order valence-electron chi connectivity index (χ0n) is 16.3. The molecule has 1 atom stereocenters. The molecule has 0 bridgehead atoms. The van der Waals surface area contributed by atoms with Crippen LogP contribution in [0, 0.1) is 6.92 Å². The highest BCUT2D eigenvalue weighted by Gasteiger charge is 2.21. The summed E-state index contributed by atoms with van der Waals surface area (Å²) in [6.07, 6.45) is 3.12. The number of hydrogen-bond acceptors (Lipinski definition) is 7. The van der Waals surface area contributed by atoms with E-state index in [2.05, 4.69) is 15.0 Å². The molecular weight excluding hydrogens is 334 g/mol. The van der Waals surface area contributed by atoms with Crippen molar-refractivity contribution in [1.82, 2.24) is 19.5 Å². The minimum absolute atomic E-state index is 0.0188. The number of aryl methyl sites for hydroxylation is 1. The van der Waals surface area contributed by atoms with Gasteiger partial charge in [-0.2, -0.15) is 0 Å². The summed E-state index contributed by atoms with van der Waals surface area (Å²) in [6.45, 7) is 3.51. The van der Waals surface area contributed by atoms with Gasteiger partial charge in [0.05, 0.1) is 23.0 Å². The largest absolute Gasteiger partial charge is 0.460 e. The molecule has 8 nitrogen and oxygen atoms in total. The van der Waals surface area contributed by atoms with Gasteiger partial charge in [-0.15, -0.1) is 0 Å². The molecule has 2 aromatic heterocycles. The average molecular weight is 357 g/mol. The summed E-state index contributed by atoms with van der Waals surface area (Å²) >= 11 is 5.86. The molecule has 2 heterocycles. The normalized spacial score (nSPS) is 14.6. The number of rotatable bonds is 7. The minimum Gasteiger partial charge on any atom is -0.460 e. The van der Waals surface area contributed by atoms with Gasteiger partial charge in [0, 0.05) is 32.0 Å². The molecule has 0 fully saturated rings. The van der Waals surface area contributed by atoms with Crippen molar-refractivity contribution in [1.29, 1.82) is 0 Å². The number of carbonyl (C=O) groups is 1. The van der Waals surface area contributed by atoms with Crippen LogP contribution in [0.1, 0.15) is 27.2 Å². The summed E-state index contributed by atoms with van der Waals surface area (Å²) in [5.41, 5.74) is 7.51. The highest BCUT2D eigenvalue weighted by molar-refractivity contribution is 6.28. The van der Waals surface area contributed by atoms with E-state index in [1.54, 1.807) is 26.2 Å². The Kier molecular flexibility index (Phi) is 4.88. The molecule has 2 N–H and O–H groups in total. The van der Waals surface area contributed by atoms with Crippen molar-refractivity contribution in [3.05, 3.63) is 29.1 Å². The second-order valence-corrected chi connectivity index (χ2v) is 5.40. The molecule has 130 valence electrons. The smallest absolute Gasteiger partial charge is 0.374 e. The molecule has 0 aliphatic heterocycles. The number of hydrogen-bond donors (Lipinski definition) is 1. The quantitative estimate of drug-likeness (QED) is 0.591. The van der Waals surface area contributed by atoms with Crippen LogP contribution in [0.25, 0.3) is 11.4 Å². The first kappa shape index (κ1) is 14.3. The van der Waals surface area contributed by atoms with Crippen molar-refractivity contribution in [3.8, 4) is 11.4 Å². The standard InChI is InChI=1S/C15H20ClN5O3/c1-4-24-14(22)13-19-11(7-21(13)6-10(17)8-23-3)12-9(2)5-18-15(16)20-12/h5,7,10H,4,6,8,17H2,1-3H3/i3D3. The second kappa shape index (κ2) is 8.18. The monoisotopic (exact) mass is 356 g/mol. The SMILES string of the molecule is [2H]C([2H])([2H])OCC(N)Cn1cc(-c2nc(Cl)ncc2C)nc1C(=O)OCC. The van der Waals surface area contributed by atoms with Crippen LogP contribution in [0.5, 0.6) is 0 Å². The summed E-state index contributed by atoms with van der Waals surface area (Å²) in [4.78, 5) is 24.6. The second-order valence-electron chi connectivity index (χ2n) is 5.06. The lowest BCUT2D eigenvalue weighted by molar-refractivity contribution is 0.0505. The Morgan fingerprint density at radius 1 is 1.54 bits per heavy atom. The van der Waals surface area contributed by atoms with Gasteiger partial charge in [0.15, 0.2) is 0 Å². The van der Waals surface area contributed by atoms with Gasteiger partial charge in [0.1, 0.15) is 5.69 Å². The van der Waals surface area contributed by atoms with Crippen molar-refractivity contribution < 1.29 is 18.4 Å². The Morgan fingerprint density at radius 2 is 2.33 bits per heavy atom. The van der Waals surface area contributed by atoms with Crippen LogP contribution >= 0.6 is 11.6 Å². The Labute approximate surface area is 149 Å². The van der Waals surface area contributed by atoms with Crippen LogP contribution < -0.4 is 5.73 Å². The molecule has 0 aliphatic rings. The number of aromatic nitrogens is 4. The van der Waals surface area contributed by atoms with E-state index in [-0.39, 0.29) is 30.9 Å². The van der Waals surface area contributed by atoms with Crippen molar-refractivity contribution in [2.75, 3.05) is 20.3 Å². The summed E-state index contributed by atoms with van der Waals surface area (Å²) in [5, 5.41) is 0.0469. The molecule has 0 aliphatic carbocycles. The number of carbonyl (C=O) groups excluding carboxylic acids is 1. The molecular formula is C15H20ClN5O3. The first-order valence-corrected chi connectivity index (χ1v) is 7.62. The molecule has 0 saturated heterocycles. The maximum absolute atomic E-state index is 12.2. The molecule has 0 saturated carbocycles. The molecule has 24 heavy (non-hydrogen) atoms. The van der Waals surface area contributed by atoms with Crippen LogP contribution in [0.2, 0.25) is 5.28 Å². The van der Waals surface area contributed by atoms with Gasteiger partial charge in [-0.1, -0.05) is 0 Å². The van der Waals surface area contributed by atoms with Crippen molar-refractivity contribution >= 4 is 17.6 Å². The number of methoxy groups -OCH3 is 1. The lowest BCUT2D eigenvalue weighted by Crippen LogP contribution is -2.32. The van der Waals surface area contributed by atoms with E-state index in [1.807, 2.05) is 0 Å². The number of nitrogens with two attached hydrogens (primary N) is 1. The van der Waals surface area contributed by atoms with E-state index in [9.17, 15) is 4.79 Å². The van der Waals surface area contributed by atoms with E-state index in [1.165, 1.54) is 4.57 Å². The highest BCUT2D eigenvalue weighted by Crippen LogP contribution is 2.22. The predicted molar refractivity (Wildman–Crippen MR) is 88.8 cm³/mol. The lowest BCUT2D eigenvalue weighted by atomic mass is 10.2. The third-order valence-electron chi connectivity index (χ3n) is 3.15. The van der Waals surface area contributed by atoms with Crippen LogP contribution in [0.3, 0.4) is 0 Å². The third kappa shape index (κ3) is 4.28. The van der Waals surface area contributed by atoms with E-state index in [0.717, 1.165) is 5.56 Å². The fraction of sp³-hybridized carbons (Fsp3) is 0.467. The fourth-order valence-corrected chi connectivity index (χ4v) is 2.25. The van der Waals surface area contributed by atoms with E-state index in [4.69, 9.17) is 30.9 Å². The maximum Gasteiger partial charge on any atom is 0.374 e. The molecule has 0 spiro atoms. The number of imidazole rings is 1. The molecule has 2 rings (SSSR count). The first-order chi connectivity index (χ1) is 12.6. The summed E-state index contributed by atoms with van der Waals surface area (Å²) < 4.78 is 32.4. The van der Waals surface area contributed by atoms with Crippen molar-refractivity contribution in [3.63, 3.8) is 0 Å². The van der Waals surface area contributed by atoms with Gasteiger partial charge < -0.3 is 19.8 Å². The molecule has 2 aromatic rings. The van der Waals surface area contributed by atoms with Crippen LogP contribution in [-0.2, 0) is 16.0 Å². The molecule has 0 aromatic carbocycles. The van der Waals surface area contributed by atoms with Gasteiger partial charge >= 0.3 is 5.97 Å². The predicted octanol–water partition coefficient (Wildman–Crippen LogP) is 1.45. The Morgan fingerprint density at radius 3 is 3.04 bits per heavy atom. The number of halogens is 1. The Hall–Kier alpha value is -2.03. The van der Waals surface area contributed by atoms with Gasteiger partial charge in [0.2, 0.25) is 11.1 Å². The Balaban J connectivity index is 2.33. The van der Waals surface area contributed by atoms with Crippen LogP contribution in [0.4, 0.5) is 0 Å². The van der Waals surface area contributed by atoms with Crippen LogP contribution in [0.15, 0.2) is 12.4 Å². The average Bonchev–Trinajstić information content (AvgIpc) is 2.98. The fourth-order valence-electron chi connectivity index (χ4n) is 2.12. The topological polar surface area (TPSA) is 105 Å². The summed E-state index contributed by atoms with van der Waals surface area (Å²) in [5.74, 6) is -0.615. The zero-order valence-corrected chi connectivity index (χ0v) is 14.1. The molecule has 9 heteroatoms. The number of ether oxygens (including phenoxy) is 2. The molecule has 1 unspecified atom stereocenters. The molecule has 0 radical (unpaired) electrons. The zero-order chi connectivity index (χ0) is 20.2. The van der Waals surface area contributed by atoms with Crippen LogP contribution in [-0.4, -0.2) is 51.8 Å². The van der Waals surface area contributed by atoms with Crippen molar-refractivity contribution in [2.24, 2.45) is 5.73 Å². The van der Waals surface area contributed by atoms with Gasteiger partial charge in [-0.3, -0.25) is 0 Å².